The van der Waals surface area contributed by atoms with Crippen LogP contribution in [-0.4, -0.2) is 9.38 Å². The molecule has 0 N–H and O–H groups in total. The Morgan fingerprint density at radius 1 is 1.06 bits per heavy atom. The number of nitrogens with zero attached hydrogens (tertiary/aromatic N) is 2. The highest BCUT2D eigenvalue weighted by atomic mass is 79.9. The summed E-state index contributed by atoms with van der Waals surface area (Å²) in [4.78, 5) is 16.5. The van der Waals surface area contributed by atoms with E-state index in [1.807, 2.05) is 42.5 Å². The number of aromatic nitrogens is 2. The molecule has 2 aromatic heterocycles. The Balaban J connectivity index is 2.30. The van der Waals surface area contributed by atoms with E-state index in [0.717, 1.165) is 10.0 Å². The second-order valence-corrected chi connectivity index (χ2v) is 4.83. The van der Waals surface area contributed by atoms with Gasteiger partial charge in [-0.1, -0.05) is 46.3 Å². The summed E-state index contributed by atoms with van der Waals surface area (Å²) >= 11 is 3.38. The molecule has 0 aliphatic carbocycles. The van der Waals surface area contributed by atoms with Crippen molar-refractivity contribution in [1.82, 2.24) is 9.38 Å². The molecule has 1 aromatic carbocycles. The molecule has 4 heteroatoms. The third-order valence-corrected chi connectivity index (χ3v) is 3.19. The van der Waals surface area contributed by atoms with Gasteiger partial charge in [0.1, 0.15) is 5.65 Å². The van der Waals surface area contributed by atoms with E-state index < -0.39 is 0 Å². The molecule has 3 aromatic rings. The molecular formula is C14H9BrN2O. The van der Waals surface area contributed by atoms with Crippen LogP contribution in [0.25, 0.3) is 16.9 Å². The van der Waals surface area contributed by atoms with Gasteiger partial charge in [-0.25, -0.2) is 4.98 Å². The Kier molecular flexibility index (Phi) is 2.72. The summed E-state index contributed by atoms with van der Waals surface area (Å²) in [5.74, 6) is 0. The fourth-order valence-electron chi connectivity index (χ4n) is 1.83. The molecule has 3 nitrogen and oxygen atoms in total. The molecular weight excluding hydrogens is 292 g/mol. The van der Waals surface area contributed by atoms with Crippen LogP contribution in [-0.2, 0) is 0 Å². The van der Waals surface area contributed by atoms with Crippen LogP contribution in [0.3, 0.4) is 0 Å². The van der Waals surface area contributed by atoms with Crippen LogP contribution in [0.4, 0.5) is 0 Å². The first-order valence-corrected chi connectivity index (χ1v) is 6.28. The topological polar surface area (TPSA) is 34.4 Å². The SMILES string of the molecule is O=c1cc(-c2ccccc2)nc2cc(Br)ccn12. The predicted molar refractivity (Wildman–Crippen MR) is 74.6 cm³/mol. The van der Waals surface area contributed by atoms with E-state index in [4.69, 9.17) is 0 Å². The van der Waals surface area contributed by atoms with Crippen molar-refractivity contribution in [3.05, 3.63) is 69.6 Å². The van der Waals surface area contributed by atoms with Crippen LogP contribution in [0, 0.1) is 0 Å². The monoisotopic (exact) mass is 300 g/mol. The van der Waals surface area contributed by atoms with Crippen LogP contribution >= 0.6 is 15.9 Å². The minimum Gasteiger partial charge on any atom is -0.269 e. The molecule has 0 spiro atoms. The van der Waals surface area contributed by atoms with Crippen molar-refractivity contribution in [3.8, 4) is 11.3 Å². The summed E-state index contributed by atoms with van der Waals surface area (Å²) in [6.07, 6.45) is 1.71. The molecule has 0 amide bonds. The smallest absolute Gasteiger partial charge is 0.258 e. The van der Waals surface area contributed by atoms with Crippen LogP contribution in [0.15, 0.2) is 64.0 Å². The van der Waals surface area contributed by atoms with Crippen LogP contribution in [0.5, 0.6) is 0 Å². The summed E-state index contributed by atoms with van der Waals surface area (Å²) in [5, 5.41) is 0. The normalized spacial score (nSPS) is 10.7. The largest absolute Gasteiger partial charge is 0.269 e. The maximum Gasteiger partial charge on any atom is 0.258 e. The Morgan fingerprint density at radius 3 is 2.61 bits per heavy atom. The zero-order valence-electron chi connectivity index (χ0n) is 9.38. The van der Waals surface area contributed by atoms with Crippen LogP contribution in [0.1, 0.15) is 0 Å². The summed E-state index contributed by atoms with van der Waals surface area (Å²) in [6, 6.07) is 14.9. The van der Waals surface area contributed by atoms with Crippen LogP contribution < -0.4 is 5.56 Å². The number of pyridine rings is 1. The van der Waals surface area contributed by atoms with Crippen LogP contribution in [0.2, 0.25) is 0 Å². The van der Waals surface area contributed by atoms with E-state index in [0.29, 0.717) is 11.3 Å². The van der Waals surface area contributed by atoms with Gasteiger partial charge in [0, 0.05) is 22.3 Å². The molecule has 0 saturated carbocycles. The fraction of sp³-hybridized carbons (Fsp3) is 0. The Labute approximate surface area is 112 Å². The molecule has 0 radical (unpaired) electrons. The highest BCUT2D eigenvalue weighted by Gasteiger charge is 2.04. The molecule has 2 heterocycles. The van der Waals surface area contributed by atoms with E-state index in [9.17, 15) is 4.79 Å². The molecule has 0 aliphatic rings. The zero-order valence-corrected chi connectivity index (χ0v) is 11.0. The first-order valence-electron chi connectivity index (χ1n) is 5.48. The average molecular weight is 301 g/mol. The third kappa shape index (κ3) is 1.95. The van der Waals surface area contributed by atoms with Crippen molar-refractivity contribution in [3.63, 3.8) is 0 Å². The van der Waals surface area contributed by atoms with Gasteiger partial charge in [-0.2, -0.15) is 0 Å². The molecule has 0 saturated heterocycles. The Morgan fingerprint density at radius 2 is 1.83 bits per heavy atom. The molecule has 0 unspecified atom stereocenters. The lowest BCUT2D eigenvalue weighted by molar-refractivity contribution is 1.05. The van der Waals surface area contributed by atoms with E-state index >= 15 is 0 Å². The molecule has 3 rings (SSSR count). The van der Waals surface area contributed by atoms with Gasteiger partial charge in [0.25, 0.3) is 5.56 Å². The number of fused-ring (bicyclic) bond motifs is 1. The number of hydrogen-bond donors (Lipinski definition) is 0. The highest BCUT2D eigenvalue weighted by molar-refractivity contribution is 9.10. The van der Waals surface area contributed by atoms with Gasteiger partial charge in [0.15, 0.2) is 0 Å². The molecule has 0 fully saturated rings. The minimum absolute atomic E-state index is 0.0775. The van der Waals surface area contributed by atoms with Gasteiger partial charge in [-0.3, -0.25) is 9.20 Å². The quantitative estimate of drug-likeness (QED) is 0.692. The molecule has 0 atom stereocenters. The maximum atomic E-state index is 12.0. The van der Waals surface area contributed by atoms with Gasteiger partial charge in [-0.05, 0) is 12.1 Å². The second-order valence-electron chi connectivity index (χ2n) is 3.92. The van der Waals surface area contributed by atoms with Crippen molar-refractivity contribution in [2.45, 2.75) is 0 Å². The molecule has 0 bridgehead atoms. The summed E-state index contributed by atoms with van der Waals surface area (Å²) in [5.41, 5.74) is 2.19. The van der Waals surface area contributed by atoms with Gasteiger partial charge in [-0.15, -0.1) is 0 Å². The predicted octanol–water partition coefficient (Wildman–Crippen LogP) is 3.12. The maximum absolute atomic E-state index is 12.0. The average Bonchev–Trinajstić information content (AvgIpc) is 2.39. The number of rotatable bonds is 1. The molecule has 0 aliphatic heterocycles. The van der Waals surface area contributed by atoms with Gasteiger partial charge < -0.3 is 0 Å². The lowest BCUT2D eigenvalue weighted by Crippen LogP contribution is -2.13. The zero-order chi connectivity index (χ0) is 12.5. The van der Waals surface area contributed by atoms with Crippen molar-refractivity contribution in [2.24, 2.45) is 0 Å². The van der Waals surface area contributed by atoms with Gasteiger partial charge >= 0.3 is 0 Å². The lowest BCUT2D eigenvalue weighted by atomic mass is 10.1. The Hall–Kier alpha value is -1.94. The first-order chi connectivity index (χ1) is 8.74. The number of benzene rings is 1. The summed E-state index contributed by atoms with van der Waals surface area (Å²) in [6.45, 7) is 0. The van der Waals surface area contributed by atoms with E-state index in [2.05, 4.69) is 20.9 Å². The third-order valence-electron chi connectivity index (χ3n) is 2.70. The molecule has 88 valence electrons. The standard InChI is InChI=1S/C14H9BrN2O/c15-11-6-7-17-13(8-11)16-12(9-14(17)18)10-4-2-1-3-5-10/h1-9H. The summed E-state index contributed by atoms with van der Waals surface area (Å²) in [7, 11) is 0. The molecule has 18 heavy (non-hydrogen) atoms. The second kappa shape index (κ2) is 4.38. The highest BCUT2D eigenvalue weighted by Crippen LogP contribution is 2.17. The van der Waals surface area contributed by atoms with Crippen molar-refractivity contribution < 1.29 is 0 Å². The van der Waals surface area contributed by atoms with Crippen molar-refractivity contribution in [1.29, 1.82) is 0 Å². The van der Waals surface area contributed by atoms with Crippen molar-refractivity contribution in [2.75, 3.05) is 0 Å². The minimum atomic E-state index is -0.0775. The van der Waals surface area contributed by atoms with Gasteiger partial charge in [0.05, 0.1) is 5.69 Å². The number of halogens is 1. The van der Waals surface area contributed by atoms with Gasteiger partial charge in [0.2, 0.25) is 0 Å². The van der Waals surface area contributed by atoms with E-state index in [1.54, 1.807) is 12.3 Å². The van der Waals surface area contributed by atoms with E-state index in [-0.39, 0.29) is 5.56 Å². The van der Waals surface area contributed by atoms with Crippen molar-refractivity contribution >= 4 is 21.6 Å². The number of hydrogen-bond acceptors (Lipinski definition) is 2. The summed E-state index contributed by atoms with van der Waals surface area (Å²) < 4.78 is 2.43. The lowest BCUT2D eigenvalue weighted by Gasteiger charge is -2.04. The first kappa shape index (κ1) is 11.2. The fourth-order valence-corrected chi connectivity index (χ4v) is 2.16. The van der Waals surface area contributed by atoms with E-state index in [1.165, 1.54) is 4.40 Å². The Bertz CT molecular complexity index is 766.